The lowest BCUT2D eigenvalue weighted by Crippen LogP contribution is -2.39. The van der Waals surface area contributed by atoms with Crippen molar-refractivity contribution in [2.45, 2.75) is 45.2 Å². The average molecular weight is 305 g/mol. The van der Waals surface area contributed by atoms with Crippen molar-refractivity contribution in [3.8, 4) is 0 Å². The van der Waals surface area contributed by atoms with Crippen molar-refractivity contribution < 1.29 is 4.79 Å². The predicted octanol–water partition coefficient (Wildman–Crippen LogP) is 1.10. The molecule has 1 amide bonds. The van der Waals surface area contributed by atoms with E-state index < -0.39 is 0 Å². The molecule has 6 heteroatoms. The van der Waals surface area contributed by atoms with Crippen LogP contribution in [0.5, 0.6) is 0 Å². The van der Waals surface area contributed by atoms with Gasteiger partial charge in [0, 0.05) is 51.0 Å². The highest BCUT2D eigenvalue weighted by atomic mass is 16.1. The molecule has 0 saturated heterocycles. The molecule has 1 aromatic rings. The molecule has 3 N–H and O–H groups in total. The molecular formula is C16H27N5O. The Hall–Kier alpha value is -1.98. The number of amides is 1. The lowest BCUT2D eigenvalue weighted by atomic mass is 10.3. The maximum absolute atomic E-state index is 11.6. The number of hydrogen-bond acceptors (Lipinski definition) is 2. The molecule has 0 atom stereocenters. The van der Waals surface area contributed by atoms with Crippen LogP contribution in [0.3, 0.4) is 0 Å². The molecule has 1 heterocycles. The summed E-state index contributed by atoms with van der Waals surface area (Å²) in [6, 6.07) is 4.49. The summed E-state index contributed by atoms with van der Waals surface area (Å²) >= 11 is 0. The summed E-state index contributed by atoms with van der Waals surface area (Å²) in [7, 11) is 0. The van der Waals surface area contributed by atoms with E-state index in [4.69, 9.17) is 0 Å². The van der Waals surface area contributed by atoms with E-state index in [1.807, 2.05) is 31.5 Å². The van der Waals surface area contributed by atoms with Gasteiger partial charge in [-0.15, -0.1) is 0 Å². The minimum absolute atomic E-state index is 0.156. The molecule has 22 heavy (non-hydrogen) atoms. The largest absolute Gasteiger partial charge is 0.357 e. The van der Waals surface area contributed by atoms with Crippen LogP contribution in [0.1, 0.15) is 32.6 Å². The third-order valence-corrected chi connectivity index (χ3v) is 3.45. The maximum atomic E-state index is 11.6. The molecule has 0 aromatic carbocycles. The van der Waals surface area contributed by atoms with Gasteiger partial charge in [0.25, 0.3) is 0 Å². The highest BCUT2D eigenvalue weighted by molar-refractivity contribution is 5.79. The normalized spacial score (nSPS) is 14.7. The highest BCUT2D eigenvalue weighted by Crippen LogP contribution is 2.18. The molecule has 1 aliphatic rings. The van der Waals surface area contributed by atoms with Crippen LogP contribution in [0.2, 0.25) is 0 Å². The number of guanidine groups is 1. The van der Waals surface area contributed by atoms with E-state index in [9.17, 15) is 4.79 Å². The lowest BCUT2D eigenvalue weighted by Gasteiger charge is -2.11. The molecule has 6 nitrogen and oxygen atoms in total. The van der Waals surface area contributed by atoms with Gasteiger partial charge in [0.15, 0.2) is 5.96 Å². The number of nitrogens with zero attached hydrogens (tertiary/aromatic N) is 2. The van der Waals surface area contributed by atoms with Crippen molar-refractivity contribution in [1.29, 1.82) is 0 Å². The number of hydrogen-bond donors (Lipinski definition) is 3. The summed E-state index contributed by atoms with van der Waals surface area (Å²) in [4.78, 5) is 16.1. The number of aliphatic imine (C=N–C) groups is 1. The average Bonchev–Trinajstić information content (AvgIpc) is 3.15. The second-order valence-electron chi connectivity index (χ2n) is 5.55. The molecule has 0 bridgehead atoms. The molecule has 0 aliphatic heterocycles. The van der Waals surface area contributed by atoms with Crippen molar-refractivity contribution in [2.75, 3.05) is 19.6 Å². The van der Waals surface area contributed by atoms with Gasteiger partial charge in [0.1, 0.15) is 0 Å². The van der Waals surface area contributed by atoms with Gasteiger partial charge in [0.05, 0.1) is 0 Å². The molecule has 0 spiro atoms. The van der Waals surface area contributed by atoms with E-state index in [0.717, 1.165) is 44.9 Å². The lowest BCUT2D eigenvalue weighted by molar-refractivity contribution is -0.121. The summed E-state index contributed by atoms with van der Waals surface area (Å²) in [6.45, 7) is 5.27. The van der Waals surface area contributed by atoms with Crippen LogP contribution >= 0.6 is 0 Å². The van der Waals surface area contributed by atoms with Crippen molar-refractivity contribution in [2.24, 2.45) is 4.99 Å². The number of aromatic nitrogens is 1. The predicted molar refractivity (Wildman–Crippen MR) is 88.8 cm³/mol. The van der Waals surface area contributed by atoms with Gasteiger partial charge < -0.3 is 20.5 Å². The third-order valence-electron chi connectivity index (χ3n) is 3.45. The first-order valence-electron chi connectivity index (χ1n) is 8.20. The Bertz CT molecular complexity index is 465. The maximum Gasteiger partial charge on any atom is 0.220 e. The van der Waals surface area contributed by atoms with E-state index in [2.05, 4.69) is 25.5 Å². The molecule has 2 rings (SSSR count). The topological polar surface area (TPSA) is 70.4 Å². The Morgan fingerprint density at radius 2 is 2.05 bits per heavy atom. The Balaban J connectivity index is 1.61. The quantitative estimate of drug-likeness (QED) is 0.363. The van der Waals surface area contributed by atoms with Crippen molar-refractivity contribution >= 4 is 11.9 Å². The number of carbonyl (C=O) groups is 1. The molecule has 1 aromatic heterocycles. The third kappa shape index (κ3) is 6.65. The van der Waals surface area contributed by atoms with Crippen LogP contribution in [-0.4, -0.2) is 42.1 Å². The zero-order valence-corrected chi connectivity index (χ0v) is 13.3. The van der Waals surface area contributed by atoms with E-state index >= 15 is 0 Å². The van der Waals surface area contributed by atoms with E-state index in [0.29, 0.717) is 19.0 Å². The van der Waals surface area contributed by atoms with E-state index in [1.54, 1.807) is 0 Å². The van der Waals surface area contributed by atoms with Gasteiger partial charge in [-0.25, -0.2) is 0 Å². The van der Waals surface area contributed by atoms with E-state index in [1.165, 1.54) is 0 Å². The zero-order chi connectivity index (χ0) is 15.6. The van der Waals surface area contributed by atoms with Crippen LogP contribution in [0.15, 0.2) is 29.5 Å². The second-order valence-corrected chi connectivity index (χ2v) is 5.55. The SMILES string of the molecule is CCNC(=NCCCC(=O)NC1CC1)NCCn1cccc1. The minimum Gasteiger partial charge on any atom is -0.357 e. The Morgan fingerprint density at radius 1 is 1.27 bits per heavy atom. The fraction of sp³-hybridized carbons (Fsp3) is 0.625. The fourth-order valence-electron chi connectivity index (χ4n) is 2.12. The van der Waals surface area contributed by atoms with Crippen molar-refractivity contribution in [1.82, 2.24) is 20.5 Å². The molecular weight excluding hydrogens is 278 g/mol. The standard InChI is InChI=1S/C16H27N5O/c1-2-17-16(19-10-13-21-11-3-4-12-21)18-9-5-6-15(22)20-14-7-8-14/h3-4,11-12,14H,2,5-10,13H2,1H3,(H,20,22)(H2,17,18,19). The van der Waals surface area contributed by atoms with E-state index in [-0.39, 0.29) is 5.91 Å². The Labute approximate surface area is 132 Å². The van der Waals surface area contributed by atoms with Crippen molar-refractivity contribution in [3.05, 3.63) is 24.5 Å². The summed E-state index contributed by atoms with van der Waals surface area (Å²) in [6.07, 6.45) is 7.71. The van der Waals surface area contributed by atoms with Crippen LogP contribution in [0.4, 0.5) is 0 Å². The molecule has 1 saturated carbocycles. The van der Waals surface area contributed by atoms with Crippen LogP contribution in [0, 0.1) is 0 Å². The summed E-state index contributed by atoms with van der Waals surface area (Å²) in [5.74, 6) is 0.973. The second kappa shape index (κ2) is 9.12. The first-order chi connectivity index (χ1) is 10.8. The molecule has 0 unspecified atom stereocenters. The minimum atomic E-state index is 0.156. The smallest absolute Gasteiger partial charge is 0.220 e. The van der Waals surface area contributed by atoms with Gasteiger partial charge in [-0.1, -0.05) is 0 Å². The van der Waals surface area contributed by atoms with Crippen LogP contribution in [-0.2, 0) is 11.3 Å². The van der Waals surface area contributed by atoms with Gasteiger partial charge in [-0.05, 0) is 38.3 Å². The number of nitrogens with one attached hydrogen (secondary N) is 3. The van der Waals surface area contributed by atoms with Crippen molar-refractivity contribution in [3.63, 3.8) is 0 Å². The fourth-order valence-corrected chi connectivity index (χ4v) is 2.12. The van der Waals surface area contributed by atoms with Gasteiger partial charge in [-0.2, -0.15) is 0 Å². The summed E-state index contributed by atoms with van der Waals surface area (Å²) in [5, 5.41) is 9.52. The number of rotatable bonds is 9. The van der Waals surface area contributed by atoms with Gasteiger partial charge >= 0.3 is 0 Å². The van der Waals surface area contributed by atoms with Crippen LogP contribution < -0.4 is 16.0 Å². The molecule has 1 aliphatic carbocycles. The Morgan fingerprint density at radius 3 is 2.73 bits per heavy atom. The molecule has 1 fully saturated rings. The van der Waals surface area contributed by atoms with Crippen LogP contribution in [0.25, 0.3) is 0 Å². The van der Waals surface area contributed by atoms with Gasteiger partial charge in [0.2, 0.25) is 5.91 Å². The zero-order valence-electron chi connectivity index (χ0n) is 13.3. The summed E-state index contributed by atoms with van der Waals surface area (Å²) in [5.41, 5.74) is 0. The first-order valence-corrected chi connectivity index (χ1v) is 8.20. The Kier molecular flexibility index (Phi) is 6.80. The monoisotopic (exact) mass is 305 g/mol. The molecule has 0 radical (unpaired) electrons. The summed E-state index contributed by atoms with van der Waals surface area (Å²) < 4.78 is 2.12. The highest BCUT2D eigenvalue weighted by Gasteiger charge is 2.22. The first kappa shape index (κ1) is 16.4. The van der Waals surface area contributed by atoms with Gasteiger partial charge in [-0.3, -0.25) is 9.79 Å². The number of carbonyl (C=O) groups excluding carboxylic acids is 1. The molecule has 122 valence electrons.